The van der Waals surface area contributed by atoms with Crippen molar-refractivity contribution >= 4 is 16.8 Å². The van der Waals surface area contributed by atoms with Crippen LogP contribution in [-0.4, -0.2) is 24.0 Å². The van der Waals surface area contributed by atoms with Crippen LogP contribution < -0.4 is 14.8 Å². The maximum Gasteiger partial charge on any atom is 0.257 e. The van der Waals surface area contributed by atoms with Crippen LogP contribution in [0, 0.1) is 0 Å². The maximum absolute atomic E-state index is 12.0. The lowest BCUT2D eigenvalue weighted by molar-refractivity contribution is -0.123. The average Bonchev–Trinajstić information content (AvgIpc) is 3.20. The van der Waals surface area contributed by atoms with Crippen molar-refractivity contribution in [2.45, 2.75) is 13.0 Å². The number of nitrogens with one attached hydrogen (secondary N) is 2. The molecule has 30 heavy (non-hydrogen) atoms. The first kappa shape index (κ1) is 19.6. The van der Waals surface area contributed by atoms with Crippen molar-refractivity contribution < 1.29 is 14.3 Å². The van der Waals surface area contributed by atoms with Crippen molar-refractivity contribution in [3.05, 3.63) is 96.2 Å². The quantitative estimate of drug-likeness (QED) is 0.435. The minimum Gasteiger partial charge on any atom is -0.489 e. The maximum atomic E-state index is 12.0. The molecule has 0 saturated carbocycles. The fourth-order valence-electron chi connectivity index (χ4n) is 3.26. The first-order valence-electron chi connectivity index (χ1n) is 9.99. The second-order valence-corrected chi connectivity index (χ2v) is 7.00. The van der Waals surface area contributed by atoms with E-state index in [1.54, 1.807) is 0 Å². The molecule has 0 atom stereocenters. The molecule has 0 unspecified atom stereocenters. The Morgan fingerprint density at radius 2 is 1.63 bits per heavy atom. The molecule has 2 N–H and O–H groups in total. The van der Waals surface area contributed by atoms with E-state index in [0.717, 1.165) is 34.2 Å². The Kier molecular flexibility index (Phi) is 6.30. The number of hydrogen-bond acceptors (Lipinski definition) is 3. The molecule has 1 amide bonds. The van der Waals surface area contributed by atoms with Gasteiger partial charge in [0.05, 0.1) is 0 Å². The molecule has 0 radical (unpaired) electrons. The minimum atomic E-state index is -0.129. The van der Waals surface area contributed by atoms with Gasteiger partial charge in [-0.2, -0.15) is 0 Å². The van der Waals surface area contributed by atoms with Gasteiger partial charge in [-0.15, -0.1) is 0 Å². The molecule has 4 rings (SSSR count). The number of benzene rings is 3. The molecule has 0 bridgehead atoms. The van der Waals surface area contributed by atoms with Gasteiger partial charge >= 0.3 is 0 Å². The molecule has 0 aliphatic carbocycles. The zero-order valence-electron chi connectivity index (χ0n) is 16.6. The van der Waals surface area contributed by atoms with Crippen molar-refractivity contribution in [1.29, 1.82) is 0 Å². The predicted molar refractivity (Wildman–Crippen MR) is 118 cm³/mol. The lowest BCUT2D eigenvalue weighted by Gasteiger charge is -2.08. The van der Waals surface area contributed by atoms with Crippen molar-refractivity contribution in [2.75, 3.05) is 13.2 Å². The highest BCUT2D eigenvalue weighted by Crippen LogP contribution is 2.24. The number of ether oxygens (including phenoxy) is 2. The third-order valence-corrected chi connectivity index (χ3v) is 4.82. The number of para-hydroxylation sites is 1. The molecule has 0 spiro atoms. The van der Waals surface area contributed by atoms with Crippen LogP contribution in [0.25, 0.3) is 10.9 Å². The van der Waals surface area contributed by atoms with E-state index < -0.39 is 0 Å². The van der Waals surface area contributed by atoms with Gasteiger partial charge in [0.2, 0.25) is 0 Å². The summed E-state index contributed by atoms with van der Waals surface area (Å²) in [5.74, 6) is 1.39. The molecular weight excluding hydrogens is 376 g/mol. The molecule has 1 heterocycles. The van der Waals surface area contributed by atoms with Crippen LogP contribution in [0.3, 0.4) is 0 Å². The van der Waals surface area contributed by atoms with E-state index in [1.165, 1.54) is 0 Å². The van der Waals surface area contributed by atoms with Gasteiger partial charge in [0, 0.05) is 29.7 Å². The lowest BCUT2D eigenvalue weighted by atomic mass is 10.1. The number of hydrogen-bond donors (Lipinski definition) is 2. The largest absolute Gasteiger partial charge is 0.489 e. The highest BCUT2D eigenvalue weighted by atomic mass is 16.5. The van der Waals surface area contributed by atoms with Gasteiger partial charge in [-0.1, -0.05) is 48.5 Å². The zero-order chi connectivity index (χ0) is 20.6. The second kappa shape index (κ2) is 9.65. The van der Waals surface area contributed by atoms with Crippen molar-refractivity contribution in [3.8, 4) is 11.5 Å². The third-order valence-electron chi connectivity index (χ3n) is 4.82. The number of amides is 1. The topological polar surface area (TPSA) is 63.3 Å². The van der Waals surface area contributed by atoms with Gasteiger partial charge < -0.3 is 19.8 Å². The Morgan fingerprint density at radius 3 is 2.43 bits per heavy atom. The number of rotatable bonds is 9. The number of H-pyrrole nitrogens is 1. The van der Waals surface area contributed by atoms with Crippen molar-refractivity contribution in [1.82, 2.24) is 10.3 Å². The summed E-state index contributed by atoms with van der Waals surface area (Å²) >= 11 is 0. The fraction of sp³-hybridized carbons (Fsp3) is 0.160. The molecule has 152 valence electrons. The Hall–Kier alpha value is -3.73. The van der Waals surface area contributed by atoms with E-state index in [4.69, 9.17) is 9.47 Å². The van der Waals surface area contributed by atoms with Crippen LogP contribution in [0.15, 0.2) is 85.1 Å². The summed E-state index contributed by atoms with van der Waals surface area (Å²) in [6.07, 6.45) is 2.72. The smallest absolute Gasteiger partial charge is 0.257 e. The molecule has 0 fully saturated rings. The number of fused-ring (bicyclic) bond motifs is 1. The van der Waals surface area contributed by atoms with Crippen LogP contribution >= 0.6 is 0 Å². The Morgan fingerprint density at radius 1 is 0.867 bits per heavy atom. The highest BCUT2D eigenvalue weighted by Gasteiger charge is 2.07. The zero-order valence-corrected chi connectivity index (χ0v) is 16.6. The standard InChI is InChI=1S/C25H24N2O3/c28-25(18-30-21-9-5-2-6-10-21)26-14-13-20-16-27-24-15-22(11-12-23(20)24)29-17-19-7-3-1-4-8-19/h1-12,15-16,27H,13-14,17-18H2,(H,26,28). The van der Waals surface area contributed by atoms with E-state index in [9.17, 15) is 4.79 Å². The van der Waals surface area contributed by atoms with Gasteiger partial charge in [0.15, 0.2) is 6.61 Å². The Labute approximate surface area is 175 Å². The first-order chi connectivity index (χ1) is 14.8. The molecular formula is C25H24N2O3. The Bertz CT molecular complexity index is 1090. The number of carbonyl (C=O) groups is 1. The summed E-state index contributed by atoms with van der Waals surface area (Å²) in [4.78, 5) is 15.3. The third kappa shape index (κ3) is 5.20. The highest BCUT2D eigenvalue weighted by molar-refractivity contribution is 5.84. The molecule has 4 aromatic rings. The van der Waals surface area contributed by atoms with E-state index in [-0.39, 0.29) is 12.5 Å². The monoisotopic (exact) mass is 400 g/mol. The normalized spacial score (nSPS) is 10.7. The summed E-state index contributed by atoms with van der Waals surface area (Å²) in [6.45, 7) is 1.10. The van der Waals surface area contributed by atoms with Crippen molar-refractivity contribution in [3.63, 3.8) is 0 Å². The molecule has 1 aromatic heterocycles. The number of carbonyl (C=O) groups excluding carboxylic acids is 1. The SMILES string of the molecule is O=C(COc1ccccc1)NCCc1c[nH]c2cc(OCc3ccccc3)ccc12. The van der Waals surface area contributed by atoms with E-state index in [0.29, 0.717) is 18.9 Å². The predicted octanol–water partition coefficient (Wildman–Crippen LogP) is 4.48. The molecule has 3 aromatic carbocycles. The van der Waals surface area contributed by atoms with Crippen LogP contribution in [0.2, 0.25) is 0 Å². The van der Waals surface area contributed by atoms with Crippen LogP contribution in [0.4, 0.5) is 0 Å². The summed E-state index contributed by atoms with van der Waals surface area (Å²) < 4.78 is 11.4. The van der Waals surface area contributed by atoms with Crippen LogP contribution in [-0.2, 0) is 17.8 Å². The average molecular weight is 400 g/mol. The molecule has 5 nitrogen and oxygen atoms in total. The fourth-order valence-corrected chi connectivity index (χ4v) is 3.26. The summed E-state index contributed by atoms with van der Waals surface area (Å²) in [5.41, 5.74) is 3.31. The van der Waals surface area contributed by atoms with Crippen LogP contribution in [0.5, 0.6) is 11.5 Å². The van der Waals surface area contributed by atoms with Gasteiger partial charge in [0.1, 0.15) is 18.1 Å². The van der Waals surface area contributed by atoms with Crippen LogP contribution in [0.1, 0.15) is 11.1 Å². The van der Waals surface area contributed by atoms with E-state index in [1.807, 2.05) is 79.0 Å². The number of aromatic amines is 1. The summed E-state index contributed by atoms with van der Waals surface area (Å²) in [5, 5.41) is 4.04. The van der Waals surface area contributed by atoms with Gasteiger partial charge in [-0.05, 0) is 41.8 Å². The number of aromatic nitrogens is 1. The van der Waals surface area contributed by atoms with Crippen molar-refractivity contribution in [2.24, 2.45) is 0 Å². The molecule has 0 aliphatic heterocycles. The van der Waals surface area contributed by atoms with Gasteiger partial charge in [-0.25, -0.2) is 0 Å². The molecule has 0 saturated heterocycles. The van der Waals surface area contributed by atoms with Gasteiger partial charge in [-0.3, -0.25) is 4.79 Å². The van der Waals surface area contributed by atoms with E-state index >= 15 is 0 Å². The Balaban J connectivity index is 1.27. The minimum absolute atomic E-state index is 0.0139. The second-order valence-electron chi connectivity index (χ2n) is 7.00. The molecule has 5 heteroatoms. The first-order valence-corrected chi connectivity index (χ1v) is 9.99. The summed E-state index contributed by atoms with van der Waals surface area (Å²) in [6, 6.07) is 25.5. The summed E-state index contributed by atoms with van der Waals surface area (Å²) in [7, 11) is 0. The molecule has 0 aliphatic rings. The lowest BCUT2D eigenvalue weighted by Crippen LogP contribution is -2.30. The van der Waals surface area contributed by atoms with Gasteiger partial charge in [0.25, 0.3) is 5.91 Å². The van der Waals surface area contributed by atoms with E-state index in [2.05, 4.69) is 16.4 Å².